The molecular weight excluding hydrogens is 204 g/mol. The number of hydrogen-bond acceptors (Lipinski definition) is 3. The predicted octanol–water partition coefficient (Wildman–Crippen LogP) is 2.16. The Morgan fingerprint density at radius 3 is 3.00 bits per heavy atom. The summed E-state index contributed by atoms with van der Waals surface area (Å²) in [5.41, 5.74) is 1.25. The quantitative estimate of drug-likeness (QED) is 0.611. The van der Waals surface area contributed by atoms with Crippen molar-refractivity contribution in [1.82, 2.24) is 9.38 Å². The van der Waals surface area contributed by atoms with Gasteiger partial charge in [0.25, 0.3) is 0 Å². The first kappa shape index (κ1) is 8.91. The molecule has 16 heavy (non-hydrogen) atoms. The Morgan fingerprint density at radius 2 is 2.19 bits per heavy atom. The summed E-state index contributed by atoms with van der Waals surface area (Å²) in [5.74, 6) is 0.161. The molecule has 78 valence electrons. The number of hydrogen-bond donors (Lipinski definition) is 0. The lowest BCUT2D eigenvalue weighted by molar-refractivity contribution is 0.100. The van der Waals surface area contributed by atoms with Crippen LogP contribution in [0.4, 0.5) is 0 Å². The van der Waals surface area contributed by atoms with Crippen LogP contribution in [0.15, 0.2) is 53.4 Å². The van der Waals surface area contributed by atoms with Crippen LogP contribution in [-0.4, -0.2) is 15.2 Å². The van der Waals surface area contributed by atoms with E-state index in [9.17, 15) is 4.79 Å². The van der Waals surface area contributed by atoms with Crippen molar-refractivity contribution in [2.45, 2.75) is 0 Å². The van der Waals surface area contributed by atoms with E-state index < -0.39 is 0 Å². The number of carbonyl (C=O) groups excluding carboxylic acids is 1. The van der Waals surface area contributed by atoms with Crippen molar-refractivity contribution in [3.63, 3.8) is 0 Å². The number of ketones is 1. The molecule has 0 N–H and O–H groups in total. The Labute approximate surface area is 91.1 Å². The van der Waals surface area contributed by atoms with Crippen molar-refractivity contribution >= 4 is 11.4 Å². The van der Waals surface area contributed by atoms with Crippen LogP contribution < -0.4 is 0 Å². The Morgan fingerprint density at radius 1 is 1.25 bits per heavy atom. The number of pyridine rings is 1. The molecule has 0 unspecified atom stereocenters. The fraction of sp³-hybridized carbons (Fsp3) is 0. The van der Waals surface area contributed by atoms with E-state index in [1.807, 2.05) is 18.2 Å². The van der Waals surface area contributed by atoms with E-state index in [1.165, 1.54) is 6.26 Å². The SMILES string of the molecule is O=C(c1ccco1)c1cnc2ccccn12. The first-order valence-electron chi connectivity index (χ1n) is 4.86. The second-order valence-electron chi connectivity index (χ2n) is 3.38. The third-order valence-corrected chi connectivity index (χ3v) is 2.39. The lowest BCUT2D eigenvalue weighted by Gasteiger charge is -1.97. The normalized spacial score (nSPS) is 10.8. The van der Waals surface area contributed by atoms with Crippen molar-refractivity contribution in [2.75, 3.05) is 0 Å². The van der Waals surface area contributed by atoms with Crippen LogP contribution in [0.5, 0.6) is 0 Å². The summed E-state index contributed by atoms with van der Waals surface area (Å²) < 4.78 is 6.82. The first-order chi connectivity index (χ1) is 7.86. The molecule has 4 heteroatoms. The summed E-state index contributed by atoms with van der Waals surface area (Å²) in [4.78, 5) is 16.2. The number of nitrogens with zero attached hydrogens (tertiary/aromatic N) is 2. The fourth-order valence-corrected chi connectivity index (χ4v) is 1.63. The molecule has 0 aromatic carbocycles. The third kappa shape index (κ3) is 1.24. The van der Waals surface area contributed by atoms with E-state index in [1.54, 1.807) is 28.9 Å². The maximum atomic E-state index is 12.0. The van der Waals surface area contributed by atoms with E-state index in [4.69, 9.17) is 4.42 Å². The van der Waals surface area contributed by atoms with Gasteiger partial charge in [-0.2, -0.15) is 0 Å². The first-order valence-corrected chi connectivity index (χ1v) is 4.86. The van der Waals surface area contributed by atoms with Gasteiger partial charge in [0.15, 0.2) is 5.76 Å². The van der Waals surface area contributed by atoms with Gasteiger partial charge in [-0.05, 0) is 24.3 Å². The second-order valence-corrected chi connectivity index (χ2v) is 3.38. The average molecular weight is 212 g/mol. The highest BCUT2D eigenvalue weighted by Gasteiger charge is 2.15. The third-order valence-electron chi connectivity index (χ3n) is 2.39. The Kier molecular flexibility index (Phi) is 1.86. The summed E-state index contributed by atoms with van der Waals surface area (Å²) >= 11 is 0. The number of fused-ring (bicyclic) bond motifs is 1. The molecule has 0 aliphatic carbocycles. The molecular formula is C12H8N2O2. The van der Waals surface area contributed by atoms with E-state index in [-0.39, 0.29) is 5.78 Å². The zero-order valence-corrected chi connectivity index (χ0v) is 8.33. The molecule has 0 amide bonds. The van der Waals surface area contributed by atoms with Gasteiger partial charge in [0.2, 0.25) is 5.78 Å². The summed E-state index contributed by atoms with van der Waals surface area (Å²) in [6.07, 6.45) is 4.84. The van der Waals surface area contributed by atoms with Crippen molar-refractivity contribution in [1.29, 1.82) is 0 Å². The molecule has 0 aliphatic heterocycles. The Bertz CT molecular complexity index is 638. The molecule has 0 spiro atoms. The van der Waals surface area contributed by atoms with Gasteiger partial charge < -0.3 is 4.42 Å². The highest BCUT2D eigenvalue weighted by Crippen LogP contribution is 2.12. The van der Waals surface area contributed by atoms with Crippen LogP contribution in [0.1, 0.15) is 16.2 Å². The minimum Gasteiger partial charge on any atom is -0.461 e. The molecule has 3 aromatic heterocycles. The van der Waals surface area contributed by atoms with Gasteiger partial charge in [-0.1, -0.05) is 6.07 Å². The van der Waals surface area contributed by atoms with Gasteiger partial charge in [-0.3, -0.25) is 9.20 Å². The van der Waals surface area contributed by atoms with E-state index in [2.05, 4.69) is 4.98 Å². The maximum absolute atomic E-state index is 12.0. The standard InChI is InChI=1S/C12H8N2O2/c15-12(10-4-3-7-16-10)9-8-13-11-5-1-2-6-14(9)11/h1-8H. The molecule has 0 radical (unpaired) electrons. The summed E-state index contributed by atoms with van der Waals surface area (Å²) in [5, 5.41) is 0. The van der Waals surface area contributed by atoms with Gasteiger partial charge in [-0.15, -0.1) is 0 Å². The van der Waals surface area contributed by atoms with Crippen molar-refractivity contribution in [2.24, 2.45) is 0 Å². The summed E-state index contributed by atoms with van der Waals surface area (Å²) in [6, 6.07) is 8.91. The summed E-state index contributed by atoms with van der Waals surface area (Å²) in [7, 11) is 0. The Balaban J connectivity index is 2.16. The van der Waals surface area contributed by atoms with Gasteiger partial charge in [0.1, 0.15) is 11.3 Å². The maximum Gasteiger partial charge on any atom is 0.246 e. The molecule has 0 saturated carbocycles. The lowest BCUT2D eigenvalue weighted by atomic mass is 10.2. The van der Waals surface area contributed by atoms with Gasteiger partial charge in [0, 0.05) is 6.20 Å². The molecule has 4 nitrogen and oxygen atoms in total. The topological polar surface area (TPSA) is 47.5 Å². The molecule has 0 fully saturated rings. The molecule has 0 bridgehead atoms. The molecule has 3 rings (SSSR count). The summed E-state index contributed by atoms with van der Waals surface area (Å²) in [6.45, 7) is 0. The van der Waals surface area contributed by atoms with Gasteiger partial charge in [0.05, 0.1) is 12.5 Å². The zero-order chi connectivity index (χ0) is 11.0. The predicted molar refractivity (Wildman–Crippen MR) is 57.3 cm³/mol. The van der Waals surface area contributed by atoms with Crippen LogP contribution >= 0.6 is 0 Å². The van der Waals surface area contributed by atoms with E-state index >= 15 is 0 Å². The molecule has 3 heterocycles. The zero-order valence-electron chi connectivity index (χ0n) is 8.33. The lowest BCUT2D eigenvalue weighted by Crippen LogP contribution is -2.03. The van der Waals surface area contributed by atoms with Crippen LogP contribution in [0, 0.1) is 0 Å². The van der Waals surface area contributed by atoms with Gasteiger partial charge >= 0.3 is 0 Å². The van der Waals surface area contributed by atoms with Crippen LogP contribution in [0.25, 0.3) is 5.65 Å². The molecule has 3 aromatic rings. The minimum absolute atomic E-state index is 0.163. The number of imidazole rings is 1. The molecule has 0 aliphatic rings. The van der Waals surface area contributed by atoms with Crippen LogP contribution in [0.3, 0.4) is 0 Å². The fourth-order valence-electron chi connectivity index (χ4n) is 1.63. The van der Waals surface area contributed by atoms with Crippen molar-refractivity contribution < 1.29 is 9.21 Å². The smallest absolute Gasteiger partial charge is 0.246 e. The number of rotatable bonds is 2. The van der Waals surface area contributed by atoms with Crippen molar-refractivity contribution in [3.05, 3.63) is 60.4 Å². The highest BCUT2D eigenvalue weighted by atomic mass is 16.3. The monoisotopic (exact) mass is 212 g/mol. The number of furan rings is 1. The number of aromatic nitrogens is 2. The largest absolute Gasteiger partial charge is 0.461 e. The van der Waals surface area contributed by atoms with Crippen LogP contribution in [-0.2, 0) is 0 Å². The van der Waals surface area contributed by atoms with Crippen LogP contribution in [0.2, 0.25) is 0 Å². The van der Waals surface area contributed by atoms with Gasteiger partial charge in [-0.25, -0.2) is 4.98 Å². The molecule has 0 atom stereocenters. The minimum atomic E-state index is -0.163. The number of carbonyl (C=O) groups is 1. The second kappa shape index (κ2) is 3.34. The van der Waals surface area contributed by atoms with Crippen molar-refractivity contribution in [3.8, 4) is 0 Å². The van der Waals surface area contributed by atoms with E-state index in [0.717, 1.165) is 5.65 Å². The Hall–Kier alpha value is -2.36. The van der Waals surface area contributed by atoms with E-state index in [0.29, 0.717) is 11.5 Å². The molecule has 0 saturated heterocycles. The highest BCUT2D eigenvalue weighted by molar-refractivity contribution is 6.06. The average Bonchev–Trinajstić information content (AvgIpc) is 2.98.